The Morgan fingerprint density at radius 3 is 2.80 bits per heavy atom. The maximum Gasteiger partial charge on any atom is 0.227 e. The molecule has 25 heavy (non-hydrogen) atoms. The molecule has 3 heterocycles. The Morgan fingerprint density at radius 2 is 2.04 bits per heavy atom. The molecule has 2 aromatic rings. The van der Waals surface area contributed by atoms with E-state index >= 15 is 0 Å². The van der Waals surface area contributed by atoms with Crippen LogP contribution in [0, 0.1) is 13.8 Å². The van der Waals surface area contributed by atoms with Gasteiger partial charge in [0.05, 0.1) is 23.5 Å². The molecule has 0 aromatic carbocycles. The fourth-order valence-electron chi connectivity index (χ4n) is 3.08. The lowest BCUT2D eigenvalue weighted by Gasteiger charge is -2.26. The molecule has 0 bridgehead atoms. The monoisotopic (exact) mass is 344 g/mol. The summed E-state index contributed by atoms with van der Waals surface area (Å²) in [5.41, 5.74) is 0.645. The highest BCUT2D eigenvalue weighted by atomic mass is 16.5. The minimum absolute atomic E-state index is 0.210. The van der Waals surface area contributed by atoms with Gasteiger partial charge in [0.15, 0.2) is 5.75 Å². The summed E-state index contributed by atoms with van der Waals surface area (Å²) in [6.07, 6.45) is 5.10. The third-order valence-corrected chi connectivity index (χ3v) is 4.69. The Labute approximate surface area is 147 Å². The van der Waals surface area contributed by atoms with Crippen molar-refractivity contribution in [3.05, 3.63) is 35.9 Å². The summed E-state index contributed by atoms with van der Waals surface area (Å²) in [5, 5.41) is 19.7. The molecule has 7 nitrogen and oxygen atoms in total. The maximum absolute atomic E-state index is 10.3. The predicted octanol–water partition coefficient (Wildman–Crippen LogP) is 1.99. The van der Waals surface area contributed by atoms with Gasteiger partial charge in [-0.05, 0) is 45.2 Å². The van der Waals surface area contributed by atoms with Crippen molar-refractivity contribution in [1.82, 2.24) is 15.0 Å². The van der Waals surface area contributed by atoms with Crippen molar-refractivity contribution in [3.8, 4) is 11.6 Å². The van der Waals surface area contributed by atoms with Crippen LogP contribution in [0.5, 0.6) is 11.6 Å². The van der Waals surface area contributed by atoms with E-state index in [-0.39, 0.29) is 6.61 Å². The van der Waals surface area contributed by atoms with Crippen LogP contribution >= 0.6 is 0 Å². The van der Waals surface area contributed by atoms with E-state index in [1.807, 2.05) is 26.0 Å². The van der Waals surface area contributed by atoms with Crippen molar-refractivity contribution >= 4 is 5.82 Å². The molecule has 7 heteroatoms. The third-order valence-electron chi connectivity index (χ3n) is 4.69. The van der Waals surface area contributed by atoms with Gasteiger partial charge in [-0.2, -0.15) is 0 Å². The molecular weight excluding hydrogens is 320 g/mol. The van der Waals surface area contributed by atoms with Gasteiger partial charge >= 0.3 is 0 Å². The first-order valence-electron chi connectivity index (χ1n) is 8.52. The Bertz CT molecular complexity index is 740. The molecule has 0 spiro atoms. The average Bonchev–Trinajstić information content (AvgIpc) is 2.81. The zero-order chi connectivity index (χ0) is 17.9. The summed E-state index contributed by atoms with van der Waals surface area (Å²) < 4.78 is 5.94. The van der Waals surface area contributed by atoms with Crippen molar-refractivity contribution in [3.63, 3.8) is 0 Å². The molecule has 134 valence electrons. The lowest BCUT2D eigenvalue weighted by Crippen LogP contribution is -2.35. The van der Waals surface area contributed by atoms with Gasteiger partial charge in [0.1, 0.15) is 12.1 Å². The Morgan fingerprint density at radius 1 is 1.20 bits per heavy atom. The molecular formula is C18H24N4O3. The number of nitrogens with zero attached hydrogens (tertiary/aromatic N) is 4. The second kappa shape index (κ2) is 7.33. The van der Waals surface area contributed by atoms with Gasteiger partial charge in [-0.1, -0.05) is 0 Å². The summed E-state index contributed by atoms with van der Waals surface area (Å²) >= 11 is 0. The standard InChI is InChI=1S/C18H24N4O3/c1-13-16(22-9-4-6-18(24,11-23)7-10-22)20-12-21-17(13)25-15-5-3-8-19-14(15)2/h3,5,8,12,23-24H,4,6-7,9-11H2,1-2H3/t18-/m1/s1. The molecule has 0 amide bonds. The van der Waals surface area contributed by atoms with Gasteiger partial charge in [-0.15, -0.1) is 0 Å². The molecule has 0 aliphatic carbocycles. The molecule has 0 radical (unpaired) electrons. The third kappa shape index (κ3) is 3.88. The van der Waals surface area contributed by atoms with Gasteiger partial charge < -0.3 is 19.8 Å². The van der Waals surface area contributed by atoms with Crippen LogP contribution in [0.2, 0.25) is 0 Å². The highest BCUT2D eigenvalue weighted by molar-refractivity contribution is 5.51. The van der Waals surface area contributed by atoms with Crippen LogP contribution in [0.25, 0.3) is 0 Å². The van der Waals surface area contributed by atoms with E-state index in [1.54, 1.807) is 6.20 Å². The topological polar surface area (TPSA) is 91.6 Å². The van der Waals surface area contributed by atoms with E-state index in [2.05, 4.69) is 19.9 Å². The molecule has 1 saturated heterocycles. The molecule has 1 atom stereocenters. The van der Waals surface area contributed by atoms with E-state index in [1.165, 1.54) is 6.33 Å². The number of ether oxygens (including phenoxy) is 1. The van der Waals surface area contributed by atoms with Crippen LogP contribution in [0.15, 0.2) is 24.7 Å². The first-order chi connectivity index (χ1) is 12.0. The van der Waals surface area contributed by atoms with E-state index in [9.17, 15) is 10.2 Å². The van der Waals surface area contributed by atoms with Crippen LogP contribution in [0.1, 0.15) is 30.5 Å². The van der Waals surface area contributed by atoms with Crippen LogP contribution in [-0.2, 0) is 0 Å². The molecule has 0 unspecified atom stereocenters. The van der Waals surface area contributed by atoms with Gasteiger partial charge in [-0.25, -0.2) is 9.97 Å². The first kappa shape index (κ1) is 17.6. The van der Waals surface area contributed by atoms with E-state index in [4.69, 9.17) is 4.74 Å². The molecule has 1 aliphatic rings. The summed E-state index contributed by atoms with van der Waals surface area (Å²) in [6, 6.07) is 3.68. The maximum atomic E-state index is 10.3. The normalized spacial score (nSPS) is 21.0. The zero-order valence-corrected chi connectivity index (χ0v) is 14.6. The fraction of sp³-hybridized carbons (Fsp3) is 0.500. The quantitative estimate of drug-likeness (QED) is 0.876. The summed E-state index contributed by atoms with van der Waals surface area (Å²) in [5.74, 6) is 1.97. The number of aliphatic hydroxyl groups excluding tert-OH is 1. The number of aryl methyl sites for hydroxylation is 1. The van der Waals surface area contributed by atoms with E-state index < -0.39 is 5.60 Å². The van der Waals surface area contributed by atoms with Crippen LogP contribution < -0.4 is 9.64 Å². The minimum Gasteiger partial charge on any atom is -0.437 e. The number of aliphatic hydroxyl groups is 2. The molecule has 2 N–H and O–H groups in total. The lowest BCUT2D eigenvalue weighted by molar-refractivity contribution is -0.0232. The number of rotatable bonds is 4. The highest BCUT2D eigenvalue weighted by Gasteiger charge is 2.30. The number of hydrogen-bond acceptors (Lipinski definition) is 7. The molecule has 3 rings (SSSR count). The SMILES string of the molecule is Cc1ncccc1Oc1ncnc(N2CCC[C@](O)(CO)CC2)c1C. The van der Waals surface area contributed by atoms with Crippen molar-refractivity contribution in [2.45, 2.75) is 38.7 Å². The van der Waals surface area contributed by atoms with Crippen molar-refractivity contribution in [2.24, 2.45) is 0 Å². The van der Waals surface area contributed by atoms with Crippen LogP contribution in [-0.4, -0.2) is 50.5 Å². The smallest absolute Gasteiger partial charge is 0.227 e. The van der Waals surface area contributed by atoms with Gasteiger partial charge in [0.2, 0.25) is 5.88 Å². The van der Waals surface area contributed by atoms with E-state index in [0.29, 0.717) is 31.0 Å². The van der Waals surface area contributed by atoms with Gasteiger partial charge in [-0.3, -0.25) is 4.98 Å². The molecule has 2 aromatic heterocycles. The van der Waals surface area contributed by atoms with Crippen LogP contribution in [0.3, 0.4) is 0 Å². The second-order valence-electron chi connectivity index (χ2n) is 6.54. The minimum atomic E-state index is -0.998. The number of aromatic nitrogens is 3. The number of pyridine rings is 1. The summed E-state index contributed by atoms with van der Waals surface area (Å²) in [6.45, 7) is 5.00. The Hall–Kier alpha value is -2.25. The highest BCUT2D eigenvalue weighted by Crippen LogP contribution is 2.31. The van der Waals surface area contributed by atoms with Crippen molar-refractivity contribution in [2.75, 3.05) is 24.6 Å². The van der Waals surface area contributed by atoms with Gasteiger partial charge in [0.25, 0.3) is 0 Å². The predicted molar refractivity (Wildman–Crippen MR) is 93.9 cm³/mol. The zero-order valence-electron chi connectivity index (χ0n) is 14.6. The summed E-state index contributed by atoms with van der Waals surface area (Å²) in [4.78, 5) is 15.0. The van der Waals surface area contributed by atoms with E-state index in [0.717, 1.165) is 30.0 Å². The van der Waals surface area contributed by atoms with Crippen molar-refractivity contribution in [1.29, 1.82) is 0 Å². The molecule has 1 aliphatic heterocycles. The summed E-state index contributed by atoms with van der Waals surface area (Å²) in [7, 11) is 0. The first-order valence-corrected chi connectivity index (χ1v) is 8.52. The average molecular weight is 344 g/mol. The van der Waals surface area contributed by atoms with Crippen molar-refractivity contribution < 1.29 is 14.9 Å². The Balaban J connectivity index is 1.83. The number of anilines is 1. The lowest BCUT2D eigenvalue weighted by atomic mass is 9.96. The second-order valence-corrected chi connectivity index (χ2v) is 6.54. The Kier molecular flexibility index (Phi) is 5.15. The van der Waals surface area contributed by atoms with Crippen LogP contribution in [0.4, 0.5) is 5.82 Å². The molecule has 0 saturated carbocycles. The number of hydrogen-bond donors (Lipinski definition) is 2. The largest absolute Gasteiger partial charge is 0.437 e. The fourth-order valence-corrected chi connectivity index (χ4v) is 3.08. The van der Waals surface area contributed by atoms with Gasteiger partial charge in [0, 0.05) is 19.3 Å². The molecule has 1 fully saturated rings.